The van der Waals surface area contributed by atoms with Crippen LogP contribution >= 0.6 is 0 Å². The Morgan fingerprint density at radius 1 is 1.12 bits per heavy atom. The molecule has 2 unspecified atom stereocenters. The largest absolute Gasteiger partial charge is 0.338 e. The van der Waals surface area contributed by atoms with Crippen LogP contribution < -0.4 is 10.5 Å². The number of hydrogen-bond acceptors (Lipinski definition) is 6. The molecule has 0 spiro atoms. The lowest BCUT2D eigenvalue weighted by Crippen LogP contribution is -2.42. The van der Waals surface area contributed by atoms with Crippen molar-refractivity contribution in [3.8, 4) is 0 Å². The van der Waals surface area contributed by atoms with E-state index in [1.165, 1.54) is 15.8 Å². The molecule has 3 aromatic rings. The number of rotatable bonds is 2. The van der Waals surface area contributed by atoms with Gasteiger partial charge in [0.05, 0.1) is 23.6 Å². The van der Waals surface area contributed by atoms with Gasteiger partial charge in [-0.3, -0.25) is 9.59 Å². The minimum atomic E-state index is -2.69. The smallest absolute Gasteiger partial charge is 0.292 e. The summed E-state index contributed by atoms with van der Waals surface area (Å²) in [4.78, 5) is 37.8. The zero-order valence-corrected chi connectivity index (χ0v) is 18.0. The second-order valence-corrected chi connectivity index (χ2v) is 9.20. The highest BCUT2D eigenvalue weighted by Crippen LogP contribution is 2.55. The number of anilines is 2. The van der Waals surface area contributed by atoms with E-state index in [-0.39, 0.29) is 37.4 Å². The molecule has 6 rings (SSSR count). The van der Waals surface area contributed by atoms with Crippen molar-refractivity contribution >= 4 is 28.3 Å². The summed E-state index contributed by atoms with van der Waals surface area (Å²) in [5.41, 5.74) is 2.36. The number of piperidine rings is 1. The van der Waals surface area contributed by atoms with Crippen LogP contribution in [-0.2, 0) is 7.05 Å². The van der Waals surface area contributed by atoms with Gasteiger partial charge in [0.25, 0.3) is 17.4 Å². The molecule has 8 nitrogen and oxygen atoms in total. The summed E-state index contributed by atoms with van der Waals surface area (Å²) >= 11 is 0. The van der Waals surface area contributed by atoms with Gasteiger partial charge in [-0.2, -0.15) is 5.10 Å². The average Bonchev–Trinajstić information content (AvgIpc) is 3.60. The predicted octanol–water partition coefficient (Wildman–Crippen LogP) is 2.85. The molecule has 2 aliphatic heterocycles. The Morgan fingerprint density at radius 3 is 2.70 bits per heavy atom. The van der Waals surface area contributed by atoms with Crippen LogP contribution in [0.1, 0.15) is 41.1 Å². The number of nitrogens with zero attached hydrogens (tertiary/aromatic N) is 6. The first-order chi connectivity index (χ1) is 15.8. The molecule has 1 saturated heterocycles. The first-order valence-corrected chi connectivity index (χ1v) is 11.1. The third-order valence-corrected chi connectivity index (χ3v) is 7.00. The Kier molecular flexibility index (Phi) is 4.30. The summed E-state index contributed by atoms with van der Waals surface area (Å²) in [7, 11) is 1.59. The minimum absolute atomic E-state index is 0.0529. The van der Waals surface area contributed by atoms with Crippen molar-refractivity contribution in [2.24, 2.45) is 13.0 Å². The van der Waals surface area contributed by atoms with Crippen LogP contribution in [0, 0.1) is 5.92 Å². The maximum Gasteiger partial charge on any atom is 0.292 e. The van der Waals surface area contributed by atoms with Gasteiger partial charge in [0.2, 0.25) is 0 Å². The van der Waals surface area contributed by atoms with Crippen molar-refractivity contribution in [3.63, 3.8) is 0 Å². The normalized spacial score (nSPS) is 23.2. The quantitative estimate of drug-likeness (QED) is 0.595. The lowest BCUT2D eigenvalue weighted by molar-refractivity contribution is -0.0494. The first kappa shape index (κ1) is 20.2. The number of alkyl halides is 2. The Morgan fingerprint density at radius 2 is 1.91 bits per heavy atom. The van der Waals surface area contributed by atoms with Crippen LogP contribution in [0.25, 0.3) is 10.9 Å². The molecule has 1 amide bonds. The molecule has 3 aliphatic rings. The topological polar surface area (TPSA) is 84.2 Å². The molecular formula is C23H22F2N6O2. The molecule has 1 saturated carbocycles. The summed E-state index contributed by atoms with van der Waals surface area (Å²) in [6, 6.07) is 3.76. The van der Waals surface area contributed by atoms with E-state index in [0.29, 0.717) is 28.3 Å². The van der Waals surface area contributed by atoms with Crippen molar-refractivity contribution in [2.45, 2.75) is 31.1 Å². The van der Waals surface area contributed by atoms with Gasteiger partial charge in [-0.1, -0.05) is 0 Å². The van der Waals surface area contributed by atoms with E-state index in [2.05, 4.69) is 20.0 Å². The lowest BCUT2D eigenvalue weighted by atomic mass is 10.0. The minimum Gasteiger partial charge on any atom is -0.338 e. The van der Waals surface area contributed by atoms with Crippen molar-refractivity contribution in [3.05, 3.63) is 52.2 Å². The molecule has 0 bridgehead atoms. The van der Waals surface area contributed by atoms with Gasteiger partial charge >= 0.3 is 0 Å². The third kappa shape index (κ3) is 3.35. The van der Waals surface area contributed by atoms with Crippen molar-refractivity contribution in [1.82, 2.24) is 24.6 Å². The predicted molar refractivity (Wildman–Crippen MR) is 117 cm³/mol. The number of carbonyl (C=O) groups is 1. The van der Waals surface area contributed by atoms with Crippen molar-refractivity contribution < 1.29 is 13.6 Å². The summed E-state index contributed by atoms with van der Waals surface area (Å²) in [6.45, 7) is 0.888. The standard InChI is InChI=1S/C23H22F2N6O2/c1-29-22(33)19-13(10-28-29)6-16(11-26-19)31-12-15-8-17(15)18-7-14(9-27-20(18)31)21(32)30-4-2-23(24,25)3-5-30/h6-7,9-11,15,17H,2-5,8,12H2,1H3. The van der Waals surface area contributed by atoms with E-state index in [9.17, 15) is 18.4 Å². The Labute approximate surface area is 187 Å². The van der Waals surface area contributed by atoms with Gasteiger partial charge in [-0.25, -0.2) is 23.4 Å². The second-order valence-electron chi connectivity index (χ2n) is 9.20. The summed E-state index contributed by atoms with van der Waals surface area (Å²) in [5, 5.41) is 4.74. The number of aryl methyl sites for hydroxylation is 1. The zero-order valence-electron chi connectivity index (χ0n) is 18.0. The monoisotopic (exact) mass is 452 g/mol. The number of carbonyl (C=O) groups excluding carboxylic acids is 1. The number of amides is 1. The Balaban J connectivity index is 1.33. The van der Waals surface area contributed by atoms with Gasteiger partial charge in [0, 0.05) is 51.1 Å². The van der Waals surface area contributed by atoms with Crippen LogP contribution in [0.3, 0.4) is 0 Å². The van der Waals surface area contributed by atoms with E-state index in [1.807, 2.05) is 12.1 Å². The number of pyridine rings is 2. The molecule has 5 heterocycles. The number of likely N-dealkylation sites (tertiary alicyclic amines) is 1. The molecule has 0 aromatic carbocycles. The highest BCUT2D eigenvalue weighted by molar-refractivity contribution is 5.95. The number of hydrogen-bond donors (Lipinski definition) is 0. The van der Waals surface area contributed by atoms with Crippen LogP contribution in [0.15, 0.2) is 35.5 Å². The highest BCUT2D eigenvalue weighted by Gasteiger charge is 2.46. The van der Waals surface area contributed by atoms with Crippen molar-refractivity contribution in [1.29, 1.82) is 0 Å². The number of aromatic nitrogens is 4. The first-order valence-electron chi connectivity index (χ1n) is 11.1. The highest BCUT2D eigenvalue weighted by atomic mass is 19.3. The van der Waals surface area contributed by atoms with E-state index >= 15 is 0 Å². The molecule has 33 heavy (non-hydrogen) atoms. The number of fused-ring (bicyclic) bond motifs is 4. The zero-order chi connectivity index (χ0) is 22.9. The van der Waals surface area contributed by atoms with Gasteiger partial charge in [-0.05, 0) is 36.0 Å². The van der Waals surface area contributed by atoms with Crippen LogP contribution in [0.5, 0.6) is 0 Å². The maximum absolute atomic E-state index is 13.5. The number of halogens is 2. The van der Waals surface area contributed by atoms with Crippen molar-refractivity contribution in [2.75, 3.05) is 24.5 Å². The van der Waals surface area contributed by atoms with E-state index in [0.717, 1.165) is 30.0 Å². The van der Waals surface area contributed by atoms with E-state index < -0.39 is 5.92 Å². The van der Waals surface area contributed by atoms with Gasteiger partial charge in [-0.15, -0.1) is 0 Å². The average molecular weight is 452 g/mol. The van der Waals surface area contributed by atoms with Gasteiger partial charge in [0.1, 0.15) is 11.3 Å². The van der Waals surface area contributed by atoms with Crippen LogP contribution in [0.4, 0.5) is 20.3 Å². The van der Waals surface area contributed by atoms with E-state index in [1.54, 1.807) is 19.4 Å². The third-order valence-electron chi connectivity index (χ3n) is 7.00. The van der Waals surface area contributed by atoms with Gasteiger partial charge in [0.15, 0.2) is 0 Å². The summed E-state index contributed by atoms with van der Waals surface area (Å²) in [6.07, 6.45) is 5.24. The fraction of sp³-hybridized carbons (Fsp3) is 0.435. The second kappa shape index (κ2) is 7.03. The van der Waals surface area contributed by atoms with Crippen LogP contribution in [-0.4, -0.2) is 56.1 Å². The van der Waals surface area contributed by atoms with Crippen LogP contribution in [0.2, 0.25) is 0 Å². The SMILES string of the molecule is Cn1ncc2cc(N3CC4CC4c4cc(C(=O)N5CCC(F)(F)CC5)cnc43)cnc2c1=O. The maximum atomic E-state index is 13.5. The fourth-order valence-electron chi connectivity index (χ4n) is 4.94. The lowest BCUT2D eigenvalue weighted by Gasteiger charge is -2.32. The molecule has 3 aromatic heterocycles. The molecule has 0 radical (unpaired) electrons. The van der Waals surface area contributed by atoms with Gasteiger partial charge < -0.3 is 9.80 Å². The Hall–Kier alpha value is -3.43. The molecular weight excluding hydrogens is 430 g/mol. The molecule has 10 heteroatoms. The molecule has 2 fully saturated rings. The molecule has 170 valence electrons. The molecule has 2 atom stereocenters. The molecule has 1 aliphatic carbocycles. The fourth-order valence-corrected chi connectivity index (χ4v) is 4.94. The molecule has 0 N–H and O–H groups in total. The summed E-state index contributed by atoms with van der Waals surface area (Å²) < 4.78 is 28.2. The van der Waals surface area contributed by atoms with E-state index in [4.69, 9.17) is 0 Å². The summed E-state index contributed by atoms with van der Waals surface area (Å²) in [5.74, 6) is -1.36. The Bertz CT molecular complexity index is 1350.